The van der Waals surface area contributed by atoms with Crippen molar-refractivity contribution in [2.24, 2.45) is 0 Å². The fourth-order valence-electron chi connectivity index (χ4n) is 4.29. The summed E-state index contributed by atoms with van der Waals surface area (Å²) in [6.45, 7) is 0.269. The Bertz CT molecular complexity index is 1170. The average Bonchev–Trinajstić information content (AvgIpc) is 2.81. The van der Waals surface area contributed by atoms with Crippen molar-refractivity contribution in [3.05, 3.63) is 40.1 Å². The molecule has 0 amide bonds. The second kappa shape index (κ2) is 12.4. The predicted molar refractivity (Wildman–Crippen MR) is 133 cm³/mol. The number of hydrogen-bond acceptors (Lipinski definition) is 8. The zero-order valence-electron chi connectivity index (χ0n) is 19.8. The predicted octanol–water partition coefficient (Wildman–Crippen LogP) is 5.42. The summed E-state index contributed by atoms with van der Waals surface area (Å²) in [6, 6.07) is 4.67. The third-order valence-electron chi connectivity index (χ3n) is 6.26. The number of fused-ring (bicyclic) bond motifs is 1. The molecule has 0 atom stereocenters. The van der Waals surface area contributed by atoms with E-state index in [9.17, 15) is 30.3 Å². The lowest BCUT2D eigenvalue weighted by molar-refractivity contribution is 0.282. The van der Waals surface area contributed by atoms with E-state index in [0.717, 1.165) is 63.1 Å². The molecule has 0 saturated heterocycles. The van der Waals surface area contributed by atoms with E-state index in [4.69, 9.17) is 9.52 Å². The summed E-state index contributed by atoms with van der Waals surface area (Å²) in [7, 11) is 0. The molecule has 1 heterocycles. The fraction of sp³-hybridized carbons (Fsp3) is 0.444. The van der Waals surface area contributed by atoms with Crippen molar-refractivity contribution in [1.82, 2.24) is 0 Å². The number of aromatic hydroxyl groups is 5. The van der Waals surface area contributed by atoms with Crippen molar-refractivity contribution in [3.8, 4) is 40.1 Å². The summed E-state index contributed by atoms with van der Waals surface area (Å²) in [4.78, 5) is 12.8. The first kappa shape index (κ1) is 26.2. The zero-order valence-corrected chi connectivity index (χ0v) is 19.8. The molecule has 190 valence electrons. The monoisotopic (exact) mass is 486 g/mol. The molecular weight excluding hydrogens is 452 g/mol. The lowest BCUT2D eigenvalue weighted by atomic mass is 10.00. The molecule has 0 spiro atoms. The molecule has 0 aliphatic carbocycles. The van der Waals surface area contributed by atoms with Crippen molar-refractivity contribution < 1.29 is 35.1 Å². The van der Waals surface area contributed by atoms with E-state index in [2.05, 4.69) is 0 Å². The molecule has 35 heavy (non-hydrogen) atoms. The third kappa shape index (κ3) is 6.60. The van der Waals surface area contributed by atoms with Crippen LogP contribution in [0.5, 0.6) is 28.7 Å². The Hall–Kier alpha value is -3.39. The van der Waals surface area contributed by atoms with Crippen LogP contribution in [0.15, 0.2) is 33.5 Å². The van der Waals surface area contributed by atoms with Crippen LogP contribution in [0.1, 0.15) is 69.8 Å². The molecule has 0 radical (unpaired) electrons. The van der Waals surface area contributed by atoms with Crippen LogP contribution in [0, 0.1) is 0 Å². The van der Waals surface area contributed by atoms with E-state index in [1.165, 1.54) is 25.3 Å². The number of phenolic OH excluding ortho intramolecular Hbond substituents is 5. The SMILES string of the molecule is O=c1cc(-c2cc(O)c(O)c(O)c2)oc2cc(O)c(CCCCCCCCCCCCO)c(O)c12. The highest BCUT2D eigenvalue weighted by atomic mass is 16.3. The first-order valence-corrected chi connectivity index (χ1v) is 12.2. The number of aliphatic hydroxyl groups excluding tert-OH is 1. The molecule has 8 nitrogen and oxygen atoms in total. The molecule has 0 unspecified atom stereocenters. The molecule has 0 aliphatic rings. The van der Waals surface area contributed by atoms with Gasteiger partial charge in [0, 0.05) is 29.9 Å². The van der Waals surface area contributed by atoms with Gasteiger partial charge in [-0.3, -0.25) is 4.79 Å². The second-order valence-electron chi connectivity index (χ2n) is 8.94. The summed E-state index contributed by atoms with van der Waals surface area (Å²) in [5.41, 5.74) is -0.116. The lowest BCUT2D eigenvalue weighted by Crippen LogP contribution is -2.03. The van der Waals surface area contributed by atoms with Gasteiger partial charge in [0.1, 0.15) is 28.2 Å². The Labute approximate surface area is 203 Å². The highest BCUT2D eigenvalue weighted by Gasteiger charge is 2.19. The molecule has 1 aromatic heterocycles. The number of hydrogen-bond donors (Lipinski definition) is 6. The van der Waals surface area contributed by atoms with E-state index < -0.39 is 22.7 Å². The fourth-order valence-corrected chi connectivity index (χ4v) is 4.29. The van der Waals surface area contributed by atoms with Crippen LogP contribution in [0.4, 0.5) is 0 Å². The molecule has 0 fully saturated rings. The van der Waals surface area contributed by atoms with Gasteiger partial charge in [0.2, 0.25) is 0 Å². The maximum absolute atomic E-state index is 12.8. The Morgan fingerprint density at radius 1 is 0.629 bits per heavy atom. The normalized spacial score (nSPS) is 11.3. The van der Waals surface area contributed by atoms with Crippen LogP contribution < -0.4 is 5.43 Å². The molecule has 6 N–H and O–H groups in total. The van der Waals surface area contributed by atoms with Crippen molar-refractivity contribution in [3.63, 3.8) is 0 Å². The van der Waals surface area contributed by atoms with Crippen LogP contribution in [0.25, 0.3) is 22.3 Å². The molecule has 8 heteroatoms. The van der Waals surface area contributed by atoms with E-state index in [1.807, 2.05) is 0 Å². The number of unbranched alkanes of at least 4 members (excludes halogenated alkanes) is 9. The smallest absolute Gasteiger partial charge is 0.200 e. The Morgan fingerprint density at radius 2 is 1.17 bits per heavy atom. The van der Waals surface area contributed by atoms with Gasteiger partial charge in [-0.25, -0.2) is 0 Å². The third-order valence-corrected chi connectivity index (χ3v) is 6.26. The van der Waals surface area contributed by atoms with Gasteiger partial charge < -0.3 is 35.1 Å². The van der Waals surface area contributed by atoms with Gasteiger partial charge in [-0.05, 0) is 31.4 Å². The van der Waals surface area contributed by atoms with Gasteiger partial charge in [0.15, 0.2) is 22.7 Å². The van der Waals surface area contributed by atoms with E-state index in [-0.39, 0.29) is 40.4 Å². The first-order chi connectivity index (χ1) is 16.8. The molecule has 3 aromatic rings. The average molecular weight is 487 g/mol. The second-order valence-corrected chi connectivity index (χ2v) is 8.94. The highest BCUT2D eigenvalue weighted by Crippen LogP contribution is 2.40. The topological polar surface area (TPSA) is 152 Å². The molecule has 3 rings (SSSR count). The number of aliphatic hydroxyl groups is 1. The van der Waals surface area contributed by atoms with Crippen molar-refractivity contribution in [2.75, 3.05) is 6.61 Å². The van der Waals surface area contributed by atoms with Crippen molar-refractivity contribution >= 4 is 11.0 Å². The summed E-state index contributed by atoms with van der Waals surface area (Å²) in [6.07, 6.45) is 11.0. The van der Waals surface area contributed by atoms with E-state index in [1.54, 1.807) is 0 Å². The van der Waals surface area contributed by atoms with Gasteiger partial charge >= 0.3 is 0 Å². The molecule has 0 bridgehead atoms. The minimum atomic E-state index is -0.689. The molecular formula is C27H34O8. The zero-order chi connectivity index (χ0) is 25.4. The number of rotatable bonds is 13. The number of phenols is 5. The van der Waals surface area contributed by atoms with Crippen molar-refractivity contribution in [2.45, 2.75) is 70.6 Å². The van der Waals surface area contributed by atoms with Gasteiger partial charge in [-0.15, -0.1) is 0 Å². The van der Waals surface area contributed by atoms with E-state index >= 15 is 0 Å². The summed E-state index contributed by atoms with van der Waals surface area (Å²) < 4.78 is 5.67. The van der Waals surface area contributed by atoms with Gasteiger partial charge in [-0.1, -0.05) is 51.4 Å². The summed E-state index contributed by atoms with van der Waals surface area (Å²) in [5.74, 6) is -2.34. The van der Waals surface area contributed by atoms with Crippen LogP contribution in [0.2, 0.25) is 0 Å². The number of benzene rings is 2. The Kier molecular flexibility index (Phi) is 9.25. The largest absolute Gasteiger partial charge is 0.507 e. The van der Waals surface area contributed by atoms with Crippen molar-refractivity contribution in [1.29, 1.82) is 0 Å². The highest BCUT2D eigenvalue weighted by molar-refractivity contribution is 5.88. The summed E-state index contributed by atoms with van der Waals surface area (Å²) >= 11 is 0. The van der Waals surface area contributed by atoms with Crippen LogP contribution in [0.3, 0.4) is 0 Å². The Morgan fingerprint density at radius 3 is 1.74 bits per heavy atom. The van der Waals surface area contributed by atoms with Crippen LogP contribution in [-0.2, 0) is 6.42 Å². The minimum Gasteiger partial charge on any atom is -0.507 e. The molecule has 0 saturated carbocycles. The van der Waals surface area contributed by atoms with Gasteiger partial charge in [0.25, 0.3) is 0 Å². The van der Waals surface area contributed by atoms with Gasteiger partial charge in [0.05, 0.1) is 0 Å². The molecule has 0 aliphatic heterocycles. The molecule has 2 aromatic carbocycles. The first-order valence-electron chi connectivity index (χ1n) is 12.2. The standard InChI is InChI=1S/C27H34O8/c28-12-10-8-6-4-2-1-3-5-7-9-11-18-19(29)15-24-25(26(18)33)20(30)16-23(35-24)17-13-21(31)27(34)22(32)14-17/h13-16,28-29,31-34H,1-12H2. The van der Waals surface area contributed by atoms with Gasteiger partial charge in [-0.2, -0.15) is 0 Å². The van der Waals surface area contributed by atoms with E-state index in [0.29, 0.717) is 12.0 Å². The lowest BCUT2D eigenvalue weighted by Gasteiger charge is -2.11. The quantitative estimate of drug-likeness (QED) is 0.138. The Balaban J connectivity index is 1.63. The maximum Gasteiger partial charge on any atom is 0.200 e. The van der Waals surface area contributed by atoms with Crippen LogP contribution >= 0.6 is 0 Å². The summed E-state index contributed by atoms with van der Waals surface area (Å²) in [5, 5.41) is 58.9. The maximum atomic E-state index is 12.8. The van der Waals surface area contributed by atoms with Crippen LogP contribution in [-0.4, -0.2) is 37.2 Å². The minimum absolute atomic E-state index is 0.00644.